The maximum Gasteiger partial charge on any atom is 0.408 e. The van der Waals surface area contributed by atoms with Gasteiger partial charge >= 0.3 is 6.09 Å². The van der Waals surface area contributed by atoms with E-state index in [-0.39, 0.29) is 12.7 Å². The number of aryl methyl sites for hydroxylation is 1. The average molecular weight is 419 g/mol. The lowest BCUT2D eigenvalue weighted by Gasteiger charge is -2.35. The minimum Gasteiger partial charge on any atom is -0.454 e. The molecular formula is C23H34N2O5. The first-order chi connectivity index (χ1) is 14.2. The van der Waals surface area contributed by atoms with Crippen LogP contribution in [0.2, 0.25) is 0 Å². The Hall–Kier alpha value is -2.44. The van der Waals surface area contributed by atoms with Crippen molar-refractivity contribution >= 4 is 12.0 Å². The van der Waals surface area contributed by atoms with Crippen LogP contribution in [0.5, 0.6) is 11.5 Å². The highest BCUT2D eigenvalue weighted by Crippen LogP contribution is 2.33. The number of carbonyl (C=O) groups is 2. The molecule has 1 aromatic rings. The summed E-state index contributed by atoms with van der Waals surface area (Å²) in [6.07, 6.45) is 6.62. The molecular weight excluding hydrogens is 384 g/mol. The Labute approximate surface area is 178 Å². The van der Waals surface area contributed by atoms with E-state index in [1.807, 2.05) is 39.0 Å². The molecule has 1 saturated carbocycles. The van der Waals surface area contributed by atoms with Crippen molar-refractivity contribution in [1.82, 2.24) is 10.6 Å². The first kappa shape index (κ1) is 22.2. The lowest BCUT2D eigenvalue weighted by Crippen LogP contribution is -2.56. The number of rotatable bonds is 6. The molecule has 7 nitrogen and oxygen atoms in total. The lowest BCUT2D eigenvalue weighted by molar-refractivity contribution is -0.121. The van der Waals surface area contributed by atoms with Crippen LogP contribution in [0.25, 0.3) is 0 Å². The lowest BCUT2D eigenvalue weighted by atomic mass is 9.90. The topological polar surface area (TPSA) is 85.9 Å². The number of hydrogen-bond acceptors (Lipinski definition) is 5. The van der Waals surface area contributed by atoms with E-state index in [9.17, 15) is 9.59 Å². The van der Waals surface area contributed by atoms with Crippen LogP contribution in [-0.4, -0.2) is 36.5 Å². The summed E-state index contributed by atoms with van der Waals surface area (Å²) in [6.45, 7) is 6.22. The summed E-state index contributed by atoms with van der Waals surface area (Å²) >= 11 is 0. The average Bonchev–Trinajstić information content (AvgIpc) is 3.02. The highest BCUT2D eigenvalue weighted by molar-refractivity contribution is 5.76. The van der Waals surface area contributed by atoms with Crippen LogP contribution in [0.1, 0.15) is 71.3 Å². The molecule has 0 bridgehead atoms. The van der Waals surface area contributed by atoms with Gasteiger partial charge in [0.2, 0.25) is 12.7 Å². The first-order valence-corrected chi connectivity index (χ1v) is 10.9. The van der Waals surface area contributed by atoms with E-state index in [2.05, 4.69) is 10.6 Å². The van der Waals surface area contributed by atoms with Gasteiger partial charge < -0.3 is 24.8 Å². The quantitative estimate of drug-likeness (QED) is 0.680. The Morgan fingerprint density at radius 1 is 1.07 bits per heavy atom. The van der Waals surface area contributed by atoms with Crippen LogP contribution in [-0.2, 0) is 16.0 Å². The smallest absolute Gasteiger partial charge is 0.408 e. The predicted octanol–water partition coefficient (Wildman–Crippen LogP) is 4.08. The number of alkyl carbamates (subject to hydrolysis) is 1. The molecule has 0 saturated heterocycles. The molecule has 3 rings (SSSR count). The highest BCUT2D eigenvalue weighted by Gasteiger charge is 2.34. The van der Waals surface area contributed by atoms with Crippen molar-refractivity contribution < 1.29 is 23.8 Å². The van der Waals surface area contributed by atoms with Gasteiger partial charge in [0.25, 0.3) is 0 Å². The second-order valence-corrected chi connectivity index (χ2v) is 9.29. The molecule has 2 N–H and O–H groups in total. The van der Waals surface area contributed by atoms with Crippen molar-refractivity contribution in [2.45, 2.75) is 83.3 Å². The Kier molecular flexibility index (Phi) is 7.10. The van der Waals surface area contributed by atoms with Gasteiger partial charge in [0.05, 0.1) is 5.54 Å². The van der Waals surface area contributed by atoms with Gasteiger partial charge in [-0.05, 0) is 57.7 Å². The standard InChI is InChI=1S/C23H34N2O5/c1-22(2,3)30-21(27)25-23(12-6-4-5-7-13-23)15-24-20(26)11-9-17-8-10-18-19(14-17)29-16-28-18/h8,10,14H,4-7,9,11-13,15-16H2,1-3H3,(H,24,26)(H,25,27). The van der Waals surface area contributed by atoms with Gasteiger partial charge in [0, 0.05) is 13.0 Å². The molecule has 1 aliphatic heterocycles. The van der Waals surface area contributed by atoms with Crippen LogP contribution in [0.3, 0.4) is 0 Å². The molecule has 1 fully saturated rings. The van der Waals surface area contributed by atoms with Crippen molar-refractivity contribution in [3.63, 3.8) is 0 Å². The molecule has 30 heavy (non-hydrogen) atoms. The van der Waals surface area contributed by atoms with Crippen molar-refractivity contribution in [1.29, 1.82) is 0 Å². The molecule has 2 amide bonds. The summed E-state index contributed by atoms with van der Waals surface area (Å²) in [7, 11) is 0. The van der Waals surface area contributed by atoms with Gasteiger partial charge in [-0.2, -0.15) is 0 Å². The SMILES string of the molecule is CC(C)(C)OC(=O)NC1(CNC(=O)CCc2ccc3c(c2)OCO3)CCCCCC1. The molecule has 0 aromatic heterocycles. The van der Waals surface area contributed by atoms with Gasteiger partial charge in [-0.15, -0.1) is 0 Å². The van der Waals surface area contributed by atoms with Crippen molar-refractivity contribution in [3.8, 4) is 11.5 Å². The molecule has 0 spiro atoms. The van der Waals surface area contributed by atoms with Gasteiger partial charge in [0.1, 0.15) is 5.60 Å². The molecule has 166 valence electrons. The molecule has 7 heteroatoms. The maximum absolute atomic E-state index is 12.5. The third-order valence-electron chi connectivity index (χ3n) is 5.53. The number of ether oxygens (including phenoxy) is 3. The van der Waals surface area contributed by atoms with Crippen molar-refractivity contribution in [2.75, 3.05) is 13.3 Å². The summed E-state index contributed by atoms with van der Waals surface area (Å²) in [6, 6.07) is 5.75. The van der Waals surface area contributed by atoms with E-state index in [1.54, 1.807) is 0 Å². The van der Waals surface area contributed by atoms with Gasteiger partial charge in [0.15, 0.2) is 11.5 Å². The van der Waals surface area contributed by atoms with E-state index >= 15 is 0 Å². The van der Waals surface area contributed by atoms with E-state index in [0.29, 0.717) is 19.4 Å². The molecule has 0 unspecified atom stereocenters. The fourth-order valence-electron chi connectivity index (χ4n) is 3.98. The van der Waals surface area contributed by atoms with Crippen LogP contribution >= 0.6 is 0 Å². The number of hydrogen-bond donors (Lipinski definition) is 2. The number of carbonyl (C=O) groups excluding carboxylic acids is 2. The minimum atomic E-state index is -0.552. The number of benzene rings is 1. The summed E-state index contributed by atoms with van der Waals surface area (Å²) in [5.41, 5.74) is 0.0300. The zero-order valence-corrected chi connectivity index (χ0v) is 18.3. The molecule has 2 aliphatic rings. The Morgan fingerprint density at radius 2 is 1.77 bits per heavy atom. The molecule has 1 heterocycles. The van der Waals surface area contributed by atoms with Crippen LogP contribution in [0.4, 0.5) is 4.79 Å². The predicted molar refractivity (Wildman–Crippen MR) is 114 cm³/mol. The maximum atomic E-state index is 12.5. The number of fused-ring (bicyclic) bond motifs is 1. The van der Waals surface area contributed by atoms with Crippen LogP contribution < -0.4 is 20.1 Å². The normalized spacial score (nSPS) is 17.7. The third-order valence-corrected chi connectivity index (χ3v) is 5.53. The van der Waals surface area contributed by atoms with E-state index in [0.717, 1.165) is 55.6 Å². The Morgan fingerprint density at radius 3 is 2.47 bits per heavy atom. The molecule has 1 aromatic carbocycles. The largest absolute Gasteiger partial charge is 0.454 e. The first-order valence-electron chi connectivity index (χ1n) is 10.9. The summed E-state index contributed by atoms with van der Waals surface area (Å²) in [4.78, 5) is 24.9. The summed E-state index contributed by atoms with van der Waals surface area (Å²) in [5.74, 6) is 1.45. The second-order valence-electron chi connectivity index (χ2n) is 9.29. The van der Waals surface area contributed by atoms with E-state index in [4.69, 9.17) is 14.2 Å². The molecule has 0 radical (unpaired) electrons. The summed E-state index contributed by atoms with van der Waals surface area (Å²) in [5, 5.41) is 6.13. The van der Waals surface area contributed by atoms with Crippen molar-refractivity contribution in [2.24, 2.45) is 0 Å². The minimum absolute atomic E-state index is 0.0257. The number of nitrogens with one attached hydrogen (secondary N) is 2. The zero-order chi connectivity index (χ0) is 21.6. The molecule has 1 aliphatic carbocycles. The Bertz CT molecular complexity index is 748. The summed E-state index contributed by atoms with van der Waals surface area (Å²) < 4.78 is 16.2. The number of amides is 2. The highest BCUT2D eigenvalue weighted by atomic mass is 16.7. The van der Waals surface area contributed by atoms with Crippen LogP contribution in [0, 0.1) is 0 Å². The van der Waals surface area contributed by atoms with Gasteiger partial charge in [-0.1, -0.05) is 31.7 Å². The fraction of sp³-hybridized carbons (Fsp3) is 0.652. The van der Waals surface area contributed by atoms with E-state index in [1.165, 1.54) is 0 Å². The van der Waals surface area contributed by atoms with Crippen LogP contribution in [0.15, 0.2) is 18.2 Å². The van der Waals surface area contributed by atoms with Crippen molar-refractivity contribution in [3.05, 3.63) is 23.8 Å². The zero-order valence-electron chi connectivity index (χ0n) is 18.3. The molecule has 0 atom stereocenters. The van der Waals surface area contributed by atoms with Gasteiger partial charge in [-0.25, -0.2) is 4.79 Å². The Balaban J connectivity index is 1.53. The van der Waals surface area contributed by atoms with E-state index < -0.39 is 17.2 Å². The third kappa shape index (κ3) is 6.54. The fourth-order valence-corrected chi connectivity index (χ4v) is 3.98. The monoisotopic (exact) mass is 418 g/mol. The van der Waals surface area contributed by atoms with Gasteiger partial charge in [-0.3, -0.25) is 4.79 Å². The second kappa shape index (κ2) is 9.58.